The highest BCUT2D eigenvalue weighted by Crippen LogP contribution is 2.24. The van der Waals surface area contributed by atoms with Gasteiger partial charge in [0.05, 0.1) is 7.11 Å². The number of esters is 2. The number of methoxy groups -OCH3 is 1. The van der Waals surface area contributed by atoms with Gasteiger partial charge in [-0.25, -0.2) is 0 Å². The Labute approximate surface area is 205 Å². The second-order valence-electron chi connectivity index (χ2n) is 8.49. The van der Waals surface area contributed by atoms with Crippen molar-refractivity contribution < 1.29 is 23.5 Å². The molecular formula is C27H30ClNO5. The number of carbonyl (C=O) groups is 2. The van der Waals surface area contributed by atoms with Crippen molar-refractivity contribution in [1.29, 1.82) is 0 Å². The van der Waals surface area contributed by atoms with Gasteiger partial charge in [0.15, 0.2) is 0 Å². The number of nitrogens with one attached hydrogen (secondary N) is 1. The van der Waals surface area contributed by atoms with Gasteiger partial charge in [-0.1, -0.05) is 55.8 Å². The topological polar surface area (TPSA) is 77.8 Å². The van der Waals surface area contributed by atoms with Crippen molar-refractivity contribution in [1.82, 2.24) is 5.32 Å². The third-order valence-electron chi connectivity index (χ3n) is 5.30. The lowest BCUT2D eigenvalue weighted by Gasteiger charge is -2.24. The fourth-order valence-corrected chi connectivity index (χ4v) is 3.71. The van der Waals surface area contributed by atoms with Gasteiger partial charge >= 0.3 is 11.9 Å². The summed E-state index contributed by atoms with van der Waals surface area (Å²) in [6.07, 6.45) is 0.732. The van der Waals surface area contributed by atoms with Crippen LogP contribution in [0.3, 0.4) is 0 Å². The highest BCUT2D eigenvalue weighted by Gasteiger charge is 2.30. The molecule has 34 heavy (non-hydrogen) atoms. The van der Waals surface area contributed by atoms with E-state index >= 15 is 0 Å². The molecule has 0 radical (unpaired) electrons. The Morgan fingerprint density at radius 1 is 0.941 bits per heavy atom. The van der Waals surface area contributed by atoms with Gasteiger partial charge in [0.2, 0.25) is 0 Å². The lowest BCUT2D eigenvalue weighted by Crippen LogP contribution is -2.49. The summed E-state index contributed by atoms with van der Waals surface area (Å²) in [5, 5.41) is 3.79. The SMILES string of the molecule is COC(=O)[C@H](Cc1ccc(-c2ccc(Cl)cc2)o1)N[C@@H](CC(C)C)C(=O)OCc1ccccc1. The molecule has 0 saturated heterocycles. The van der Waals surface area contributed by atoms with E-state index in [9.17, 15) is 9.59 Å². The van der Waals surface area contributed by atoms with Crippen LogP contribution >= 0.6 is 11.6 Å². The number of furan rings is 1. The Morgan fingerprint density at radius 3 is 2.29 bits per heavy atom. The van der Waals surface area contributed by atoms with Crippen molar-refractivity contribution in [2.45, 2.75) is 45.4 Å². The number of hydrogen-bond donors (Lipinski definition) is 1. The molecule has 0 fully saturated rings. The maximum absolute atomic E-state index is 12.9. The first-order chi connectivity index (χ1) is 16.4. The molecule has 0 spiro atoms. The maximum Gasteiger partial charge on any atom is 0.323 e. The van der Waals surface area contributed by atoms with Crippen LogP contribution < -0.4 is 5.32 Å². The van der Waals surface area contributed by atoms with Crippen molar-refractivity contribution >= 4 is 23.5 Å². The van der Waals surface area contributed by atoms with Crippen LogP contribution in [0, 0.1) is 5.92 Å². The molecule has 0 bridgehead atoms. The van der Waals surface area contributed by atoms with Crippen LogP contribution in [0.25, 0.3) is 11.3 Å². The largest absolute Gasteiger partial charge is 0.468 e. The average Bonchev–Trinajstić information content (AvgIpc) is 3.30. The van der Waals surface area contributed by atoms with Gasteiger partial charge in [0, 0.05) is 17.0 Å². The summed E-state index contributed by atoms with van der Waals surface area (Å²) >= 11 is 5.96. The Morgan fingerprint density at radius 2 is 1.65 bits per heavy atom. The number of rotatable bonds is 11. The predicted molar refractivity (Wildman–Crippen MR) is 131 cm³/mol. The molecular weight excluding hydrogens is 454 g/mol. The van der Waals surface area contributed by atoms with Crippen molar-refractivity contribution in [3.63, 3.8) is 0 Å². The molecule has 3 aromatic rings. The van der Waals surface area contributed by atoms with E-state index in [1.807, 2.05) is 68.4 Å². The number of carbonyl (C=O) groups excluding carboxylic acids is 2. The van der Waals surface area contributed by atoms with Gasteiger partial charge in [-0.2, -0.15) is 0 Å². The van der Waals surface area contributed by atoms with Gasteiger partial charge in [0.25, 0.3) is 0 Å². The number of benzene rings is 2. The predicted octanol–water partition coefficient (Wildman–Crippen LogP) is 5.43. The van der Waals surface area contributed by atoms with Crippen LogP contribution in [0.4, 0.5) is 0 Å². The van der Waals surface area contributed by atoms with Crippen LogP contribution in [0.5, 0.6) is 0 Å². The van der Waals surface area contributed by atoms with Crippen LogP contribution in [-0.2, 0) is 32.1 Å². The fourth-order valence-electron chi connectivity index (χ4n) is 3.59. The minimum absolute atomic E-state index is 0.168. The Hall–Kier alpha value is -3.09. The minimum Gasteiger partial charge on any atom is -0.468 e. The minimum atomic E-state index is -0.776. The van der Waals surface area contributed by atoms with Crippen molar-refractivity contribution in [3.05, 3.63) is 83.1 Å². The normalized spacial score (nSPS) is 12.9. The molecule has 1 N–H and O–H groups in total. The molecule has 1 heterocycles. The summed E-state index contributed by atoms with van der Waals surface area (Å²) in [4.78, 5) is 25.5. The number of ether oxygens (including phenoxy) is 2. The van der Waals surface area contributed by atoms with Crippen molar-refractivity contribution in [2.24, 2.45) is 5.92 Å². The summed E-state index contributed by atoms with van der Waals surface area (Å²) in [6, 6.07) is 19.0. The van der Waals surface area contributed by atoms with E-state index < -0.39 is 24.0 Å². The maximum atomic E-state index is 12.9. The molecule has 0 saturated carbocycles. The highest BCUT2D eigenvalue weighted by atomic mass is 35.5. The molecule has 7 heteroatoms. The van der Waals surface area contributed by atoms with Gasteiger partial charge in [-0.05, 0) is 54.3 Å². The summed E-state index contributed by atoms with van der Waals surface area (Å²) in [5.41, 5.74) is 1.77. The second-order valence-corrected chi connectivity index (χ2v) is 8.93. The van der Waals surface area contributed by atoms with Crippen LogP contribution in [0.2, 0.25) is 5.02 Å². The standard InChI is InChI=1S/C27H30ClNO5/c1-18(2)15-23(27(31)33-17-19-7-5-4-6-8-19)29-24(26(30)32-3)16-22-13-14-25(34-22)20-9-11-21(28)12-10-20/h4-14,18,23-24,29H,15-17H2,1-3H3/t23-,24-/m0/s1. The molecule has 2 atom stereocenters. The molecule has 0 amide bonds. The first kappa shape index (κ1) is 25.5. The molecule has 3 rings (SSSR count). The zero-order chi connectivity index (χ0) is 24.5. The van der Waals surface area contributed by atoms with E-state index in [2.05, 4.69) is 5.32 Å². The van der Waals surface area contributed by atoms with E-state index in [1.54, 1.807) is 12.1 Å². The molecule has 0 aliphatic heterocycles. The summed E-state index contributed by atoms with van der Waals surface area (Å²) in [5.74, 6) is 0.576. The Kier molecular flexibility index (Phi) is 9.31. The summed E-state index contributed by atoms with van der Waals surface area (Å²) in [7, 11) is 1.32. The van der Waals surface area contributed by atoms with Gasteiger partial charge in [-0.15, -0.1) is 0 Å². The first-order valence-corrected chi connectivity index (χ1v) is 11.6. The molecule has 180 valence electrons. The third kappa shape index (κ3) is 7.47. The van der Waals surface area contributed by atoms with Crippen LogP contribution in [0.1, 0.15) is 31.6 Å². The van der Waals surface area contributed by atoms with E-state index in [-0.39, 0.29) is 18.9 Å². The number of halogens is 1. The lowest BCUT2D eigenvalue weighted by atomic mass is 10.0. The van der Waals surface area contributed by atoms with E-state index in [0.29, 0.717) is 23.0 Å². The van der Waals surface area contributed by atoms with Crippen LogP contribution in [0.15, 0.2) is 71.1 Å². The van der Waals surface area contributed by atoms with E-state index in [0.717, 1.165) is 11.1 Å². The van der Waals surface area contributed by atoms with Gasteiger partial charge in [-0.3, -0.25) is 14.9 Å². The fraction of sp³-hybridized carbons (Fsp3) is 0.333. The third-order valence-corrected chi connectivity index (χ3v) is 5.55. The molecule has 6 nitrogen and oxygen atoms in total. The second kappa shape index (κ2) is 12.4. The molecule has 0 aliphatic rings. The van der Waals surface area contributed by atoms with Gasteiger partial charge in [0.1, 0.15) is 30.2 Å². The Bertz CT molecular complexity index is 1060. The quantitative estimate of drug-likeness (QED) is 0.366. The zero-order valence-corrected chi connectivity index (χ0v) is 20.4. The van der Waals surface area contributed by atoms with Crippen molar-refractivity contribution in [3.8, 4) is 11.3 Å². The van der Waals surface area contributed by atoms with E-state index in [1.165, 1.54) is 7.11 Å². The number of hydrogen-bond acceptors (Lipinski definition) is 6. The molecule has 2 aromatic carbocycles. The van der Waals surface area contributed by atoms with E-state index in [4.69, 9.17) is 25.5 Å². The lowest BCUT2D eigenvalue weighted by molar-refractivity contribution is -0.149. The average molecular weight is 484 g/mol. The van der Waals surface area contributed by atoms with Gasteiger partial charge < -0.3 is 13.9 Å². The van der Waals surface area contributed by atoms with Crippen LogP contribution in [-0.4, -0.2) is 31.1 Å². The van der Waals surface area contributed by atoms with Crippen molar-refractivity contribution in [2.75, 3.05) is 7.11 Å². The molecule has 1 aromatic heterocycles. The molecule has 0 aliphatic carbocycles. The molecule has 0 unspecified atom stereocenters. The highest BCUT2D eigenvalue weighted by molar-refractivity contribution is 6.30. The Balaban J connectivity index is 1.71. The first-order valence-electron chi connectivity index (χ1n) is 11.2. The summed E-state index contributed by atoms with van der Waals surface area (Å²) in [6.45, 7) is 4.19. The smallest absolute Gasteiger partial charge is 0.323 e. The summed E-state index contributed by atoms with van der Waals surface area (Å²) < 4.78 is 16.5. The monoisotopic (exact) mass is 483 g/mol. The zero-order valence-electron chi connectivity index (χ0n) is 19.6.